The minimum atomic E-state index is -4.81. The van der Waals surface area contributed by atoms with E-state index in [2.05, 4.69) is 19.8 Å². The van der Waals surface area contributed by atoms with Crippen molar-refractivity contribution in [1.82, 2.24) is 10.2 Å². The van der Waals surface area contributed by atoms with Crippen molar-refractivity contribution in [2.45, 2.75) is 25.4 Å². The van der Waals surface area contributed by atoms with Crippen molar-refractivity contribution in [2.24, 2.45) is 7.05 Å². The molecule has 2 amide bonds. The van der Waals surface area contributed by atoms with Gasteiger partial charge in [-0.3, -0.25) is 9.59 Å². The summed E-state index contributed by atoms with van der Waals surface area (Å²) >= 11 is 0. The smallest absolute Gasteiger partial charge is 0.539 e. The molecule has 13 heteroatoms. The van der Waals surface area contributed by atoms with Gasteiger partial charge < -0.3 is 29.3 Å². The van der Waals surface area contributed by atoms with Crippen LogP contribution in [0.4, 0.5) is 18.9 Å². The van der Waals surface area contributed by atoms with Crippen LogP contribution in [-0.2, 0) is 27.9 Å². The maximum atomic E-state index is 12.6. The fourth-order valence-corrected chi connectivity index (χ4v) is 2.79. The summed E-state index contributed by atoms with van der Waals surface area (Å²) in [6, 6.07) is 4.56. The Hall–Kier alpha value is -3.35. The van der Waals surface area contributed by atoms with E-state index in [9.17, 15) is 27.9 Å². The quantitative estimate of drug-likeness (QED) is 0.651. The minimum absolute atomic E-state index is 0.0419. The lowest BCUT2D eigenvalue weighted by molar-refractivity contribution is -0.746. The minimum Gasteiger partial charge on any atom is -0.539 e. The number of benzene rings is 1. The number of anilines is 1. The van der Waals surface area contributed by atoms with Crippen molar-refractivity contribution in [3.05, 3.63) is 30.0 Å². The summed E-state index contributed by atoms with van der Waals surface area (Å²) in [5.41, 5.74) is 0.400. The molecule has 10 nitrogen and oxygen atoms in total. The van der Waals surface area contributed by atoms with Crippen LogP contribution in [0, 0.1) is 0 Å². The Morgan fingerprint density at radius 1 is 1.40 bits per heavy atom. The molecule has 0 aliphatic carbocycles. The number of carbonyl (C=O) groups excluding carboxylic acids is 2. The highest BCUT2D eigenvalue weighted by Crippen LogP contribution is 2.24. The molecule has 162 valence electrons. The van der Waals surface area contributed by atoms with Gasteiger partial charge in [0, 0.05) is 12.2 Å². The second-order valence-electron chi connectivity index (χ2n) is 6.37. The van der Waals surface area contributed by atoms with Gasteiger partial charge >= 0.3 is 6.36 Å². The Bertz CT molecular complexity index is 896. The zero-order valence-electron chi connectivity index (χ0n) is 15.6. The number of amides is 2. The molecule has 2 aromatic rings. The third kappa shape index (κ3) is 5.37. The average Bonchev–Trinajstić information content (AvgIpc) is 2.97. The Morgan fingerprint density at radius 3 is 2.70 bits per heavy atom. The molecule has 3 rings (SSSR count). The molecule has 1 fully saturated rings. The number of hydrogen-bond acceptors (Lipinski definition) is 7. The Kier molecular flexibility index (Phi) is 6.10. The number of nitrogens with one attached hydrogen (secondary N) is 1. The standard InChI is InChI=1S/C17H17F3N4O6/c1-23-12(16(27)30-22-23)9-24-6-7-28-13(15(24)26)8-14(25)21-10-2-4-11(5-3-10)29-17(18,19)20/h2-5,13H,6-9H2,1H3,(H-,21,22,25,27). The average molecular weight is 430 g/mol. The number of aryl methyl sites for hydroxylation is 1. The van der Waals surface area contributed by atoms with Crippen LogP contribution in [0.1, 0.15) is 12.1 Å². The highest BCUT2D eigenvalue weighted by atomic mass is 19.4. The summed E-state index contributed by atoms with van der Waals surface area (Å²) in [7, 11) is 1.50. The van der Waals surface area contributed by atoms with E-state index in [0.29, 0.717) is 0 Å². The molecule has 30 heavy (non-hydrogen) atoms. The summed E-state index contributed by atoms with van der Waals surface area (Å²) < 4.78 is 51.4. The van der Waals surface area contributed by atoms with Crippen molar-refractivity contribution in [2.75, 3.05) is 18.5 Å². The monoisotopic (exact) mass is 430 g/mol. The van der Waals surface area contributed by atoms with Gasteiger partial charge in [0.05, 0.1) is 18.3 Å². The first-order valence-electron chi connectivity index (χ1n) is 8.70. The van der Waals surface area contributed by atoms with E-state index in [1.165, 1.54) is 28.8 Å². The molecule has 2 heterocycles. The van der Waals surface area contributed by atoms with Crippen molar-refractivity contribution in [3.63, 3.8) is 0 Å². The lowest BCUT2D eigenvalue weighted by Gasteiger charge is -2.31. The summed E-state index contributed by atoms with van der Waals surface area (Å²) in [4.78, 5) is 26.2. The number of hydrogen-bond donors (Lipinski definition) is 1. The van der Waals surface area contributed by atoms with E-state index in [-0.39, 0.29) is 37.5 Å². The molecular weight excluding hydrogens is 413 g/mol. The fraction of sp³-hybridized carbons (Fsp3) is 0.412. The molecule has 1 unspecified atom stereocenters. The van der Waals surface area contributed by atoms with Gasteiger partial charge in [-0.05, 0) is 24.3 Å². The Balaban J connectivity index is 1.56. The third-order valence-corrected chi connectivity index (χ3v) is 4.22. The molecule has 1 aliphatic heterocycles. The topological polar surface area (TPSA) is 121 Å². The van der Waals surface area contributed by atoms with Gasteiger partial charge in [0.25, 0.3) is 11.6 Å². The number of rotatable bonds is 6. The predicted molar refractivity (Wildman–Crippen MR) is 88.7 cm³/mol. The van der Waals surface area contributed by atoms with Crippen molar-refractivity contribution >= 4 is 17.5 Å². The zero-order valence-corrected chi connectivity index (χ0v) is 15.6. The molecule has 0 radical (unpaired) electrons. The highest BCUT2D eigenvalue weighted by molar-refractivity contribution is 5.95. The molecule has 0 bridgehead atoms. The molecule has 1 aromatic heterocycles. The number of aromatic nitrogens is 2. The van der Waals surface area contributed by atoms with Crippen molar-refractivity contribution in [3.8, 4) is 11.7 Å². The van der Waals surface area contributed by atoms with Crippen LogP contribution in [0.15, 0.2) is 28.8 Å². The Labute approximate surface area is 167 Å². The number of halogens is 3. The molecule has 1 aromatic carbocycles. The van der Waals surface area contributed by atoms with Crippen LogP contribution in [0.5, 0.6) is 11.7 Å². The SMILES string of the molecule is C[n+]1noc([O-])c1CN1CCOC(CC(=O)Nc2ccc(OC(F)(F)F)cc2)C1=O. The van der Waals surface area contributed by atoms with E-state index in [4.69, 9.17) is 4.74 Å². The van der Waals surface area contributed by atoms with E-state index in [1.54, 1.807) is 0 Å². The molecule has 1 atom stereocenters. The van der Waals surface area contributed by atoms with E-state index < -0.39 is 36.0 Å². The van der Waals surface area contributed by atoms with Gasteiger partial charge in [-0.25, -0.2) is 0 Å². The normalized spacial score (nSPS) is 17.1. The molecule has 1 saturated heterocycles. The number of carbonyl (C=O) groups is 2. The van der Waals surface area contributed by atoms with Gasteiger partial charge in [0.2, 0.25) is 5.91 Å². The second kappa shape index (κ2) is 8.57. The lowest BCUT2D eigenvalue weighted by atomic mass is 10.1. The van der Waals surface area contributed by atoms with Gasteiger partial charge in [-0.1, -0.05) is 4.68 Å². The van der Waals surface area contributed by atoms with E-state index in [1.807, 2.05) is 0 Å². The summed E-state index contributed by atoms with van der Waals surface area (Å²) in [5.74, 6) is -2.14. The lowest BCUT2D eigenvalue weighted by Crippen LogP contribution is -2.50. The largest absolute Gasteiger partial charge is 0.573 e. The maximum Gasteiger partial charge on any atom is 0.573 e. The van der Waals surface area contributed by atoms with Crippen LogP contribution >= 0.6 is 0 Å². The van der Waals surface area contributed by atoms with Crippen LogP contribution in [0.3, 0.4) is 0 Å². The molecule has 1 aliphatic rings. The van der Waals surface area contributed by atoms with Gasteiger partial charge in [-0.2, -0.15) is 0 Å². The zero-order chi connectivity index (χ0) is 21.9. The molecule has 0 saturated carbocycles. The number of ether oxygens (including phenoxy) is 2. The van der Waals surface area contributed by atoms with Crippen LogP contribution in [0.25, 0.3) is 0 Å². The first kappa shape index (κ1) is 21.4. The number of morpholine rings is 1. The van der Waals surface area contributed by atoms with E-state index >= 15 is 0 Å². The van der Waals surface area contributed by atoms with Gasteiger partial charge in [0.15, 0.2) is 13.0 Å². The predicted octanol–water partition coefficient (Wildman–Crippen LogP) is 0.227. The first-order valence-corrected chi connectivity index (χ1v) is 8.70. The number of nitrogens with zero attached hydrogens (tertiary/aromatic N) is 3. The van der Waals surface area contributed by atoms with E-state index in [0.717, 1.165) is 12.1 Å². The third-order valence-electron chi connectivity index (χ3n) is 4.22. The van der Waals surface area contributed by atoms with Gasteiger partial charge in [-0.15, -0.1) is 13.2 Å². The van der Waals surface area contributed by atoms with Gasteiger partial charge in [0.1, 0.15) is 18.4 Å². The Morgan fingerprint density at radius 2 is 2.10 bits per heavy atom. The summed E-state index contributed by atoms with van der Waals surface area (Å²) in [6.07, 6.45) is -6.19. The fourth-order valence-electron chi connectivity index (χ4n) is 2.79. The molecule has 0 spiro atoms. The maximum absolute atomic E-state index is 12.6. The second-order valence-corrected chi connectivity index (χ2v) is 6.37. The molecule has 1 N–H and O–H groups in total. The molecular formula is C17H17F3N4O6. The summed E-state index contributed by atoms with van der Waals surface area (Å²) in [6.45, 7) is 0.346. The van der Waals surface area contributed by atoms with Crippen LogP contribution < -0.4 is 19.8 Å². The van der Waals surface area contributed by atoms with Crippen LogP contribution in [-0.4, -0.2) is 47.6 Å². The van der Waals surface area contributed by atoms with Crippen molar-refractivity contribution in [1.29, 1.82) is 0 Å². The van der Waals surface area contributed by atoms with Crippen molar-refractivity contribution < 1.29 is 46.5 Å². The highest BCUT2D eigenvalue weighted by Gasteiger charge is 2.34. The summed E-state index contributed by atoms with van der Waals surface area (Å²) in [5, 5.41) is 17.6. The van der Waals surface area contributed by atoms with Crippen LogP contribution in [0.2, 0.25) is 0 Å². The first-order chi connectivity index (χ1) is 14.1. The number of alkyl halides is 3.